The molecule has 9 heteroatoms. The molecular formula is C29H44N4O4S. The van der Waals surface area contributed by atoms with Crippen LogP contribution in [0.1, 0.15) is 84.4 Å². The van der Waals surface area contributed by atoms with Crippen LogP contribution in [0.2, 0.25) is 0 Å². The molecule has 0 spiro atoms. The fraction of sp³-hybridized carbons (Fsp3) is 0.517. The Morgan fingerprint density at radius 2 is 1.79 bits per heavy atom. The zero-order valence-electron chi connectivity index (χ0n) is 24.0. The van der Waals surface area contributed by atoms with Crippen LogP contribution in [0, 0.1) is 6.92 Å². The van der Waals surface area contributed by atoms with Crippen LogP contribution >= 0.6 is 11.3 Å². The first-order valence-electron chi connectivity index (χ1n) is 13.5. The molecule has 1 saturated heterocycles. The molecule has 0 bridgehead atoms. The van der Waals surface area contributed by atoms with E-state index in [4.69, 9.17) is 4.52 Å². The quantitative estimate of drug-likeness (QED) is 0.397. The van der Waals surface area contributed by atoms with Crippen LogP contribution in [-0.2, 0) is 16.0 Å². The minimum absolute atomic E-state index is 0.00447. The molecule has 3 atom stereocenters. The van der Waals surface area contributed by atoms with Crippen molar-refractivity contribution in [3.63, 3.8) is 0 Å². The number of hydrogen-bond acceptors (Lipinski definition) is 7. The molecule has 210 valence electrons. The number of likely N-dealkylation sites (tertiary alicyclic amines) is 1. The standard InChI is InChI=1S/C22H24N4O4S.C3H8.2C2H6/c1-13(15-3-5-16(6-4-15)21-14(2)23-12-31-21)25-22(29)19-9-17(27)11-26(19)20(28)10-18-7-8-24-30-18;1-3-2;2*1-2/h3-8,12-13,17,19,27H,9-11H2,1-2H3,(H,25,29);3H2,1-2H3;2*1-2H3. The third-order valence-corrected chi connectivity index (χ3v) is 6.47. The maximum atomic E-state index is 12.9. The van der Waals surface area contributed by atoms with Crippen LogP contribution in [0.5, 0.6) is 0 Å². The fourth-order valence-electron chi connectivity index (χ4n) is 3.82. The summed E-state index contributed by atoms with van der Waals surface area (Å²) in [5.74, 6) is -0.127. The van der Waals surface area contributed by atoms with E-state index in [1.807, 2.05) is 71.3 Å². The Hall–Kier alpha value is -3.04. The molecule has 38 heavy (non-hydrogen) atoms. The summed E-state index contributed by atoms with van der Waals surface area (Å²) in [6, 6.07) is 8.65. The molecule has 0 saturated carbocycles. The average molecular weight is 545 g/mol. The van der Waals surface area contributed by atoms with Crippen LogP contribution < -0.4 is 5.32 Å². The van der Waals surface area contributed by atoms with Crippen LogP contribution in [0.25, 0.3) is 10.4 Å². The molecule has 8 nitrogen and oxygen atoms in total. The van der Waals surface area contributed by atoms with Crippen molar-refractivity contribution >= 4 is 23.2 Å². The zero-order valence-corrected chi connectivity index (χ0v) is 24.8. The van der Waals surface area contributed by atoms with Gasteiger partial charge < -0.3 is 19.8 Å². The summed E-state index contributed by atoms with van der Waals surface area (Å²) in [7, 11) is 0. The summed E-state index contributed by atoms with van der Waals surface area (Å²) in [4.78, 5) is 32.4. The van der Waals surface area contributed by atoms with Crippen LogP contribution in [0.4, 0.5) is 0 Å². The predicted octanol–water partition coefficient (Wildman–Crippen LogP) is 5.96. The molecule has 1 aromatic carbocycles. The van der Waals surface area contributed by atoms with Crippen LogP contribution in [-0.4, -0.2) is 50.7 Å². The Bertz CT molecular complexity index is 1070. The first kappa shape index (κ1) is 33.0. The summed E-state index contributed by atoms with van der Waals surface area (Å²) >= 11 is 1.60. The van der Waals surface area contributed by atoms with Gasteiger partial charge in [-0.1, -0.05) is 77.4 Å². The van der Waals surface area contributed by atoms with Gasteiger partial charge >= 0.3 is 0 Å². The second-order valence-electron chi connectivity index (χ2n) is 8.43. The largest absolute Gasteiger partial charge is 0.391 e. The number of nitrogens with one attached hydrogen (secondary N) is 1. The number of aliphatic hydroxyl groups is 1. The number of rotatable bonds is 6. The molecule has 1 aliphatic rings. The van der Waals surface area contributed by atoms with Crippen molar-refractivity contribution in [2.75, 3.05) is 6.54 Å². The third-order valence-electron chi connectivity index (χ3n) is 5.50. The van der Waals surface area contributed by atoms with E-state index in [1.54, 1.807) is 17.4 Å². The van der Waals surface area contributed by atoms with Gasteiger partial charge in [0.05, 0.1) is 40.8 Å². The number of aryl methyl sites for hydroxylation is 1. The van der Waals surface area contributed by atoms with Gasteiger partial charge in [-0.25, -0.2) is 4.98 Å². The highest BCUT2D eigenvalue weighted by molar-refractivity contribution is 7.13. The lowest BCUT2D eigenvalue weighted by molar-refractivity contribution is -0.138. The monoisotopic (exact) mass is 544 g/mol. The van der Waals surface area contributed by atoms with Crippen molar-refractivity contribution in [3.05, 3.63) is 59.1 Å². The number of aliphatic hydroxyl groups excluding tert-OH is 1. The van der Waals surface area contributed by atoms with E-state index >= 15 is 0 Å². The summed E-state index contributed by atoms with van der Waals surface area (Å²) in [5.41, 5.74) is 4.86. The average Bonchev–Trinajstić information content (AvgIpc) is 3.68. The van der Waals surface area contributed by atoms with Crippen LogP contribution in [0.15, 0.2) is 46.6 Å². The lowest BCUT2D eigenvalue weighted by Gasteiger charge is -2.25. The van der Waals surface area contributed by atoms with E-state index in [1.165, 1.54) is 17.5 Å². The highest BCUT2D eigenvalue weighted by Gasteiger charge is 2.39. The Morgan fingerprint density at radius 1 is 1.16 bits per heavy atom. The molecule has 1 fully saturated rings. The summed E-state index contributed by atoms with van der Waals surface area (Å²) in [6.07, 6.45) is 2.20. The molecule has 3 heterocycles. The van der Waals surface area contributed by atoms with Crippen molar-refractivity contribution in [1.82, 2.24) is 20.4 Å². The van der Waals surface area contributed by atoms with Gasteiger partial charge in [-0.15, -0.1) is 11.3 Å². The van der Waals surface area contributed by atoms with Gasteiger partial charge in [-0.2, -0.15) is 0 Å². The molecule has 4 rings (SSSR count). The molecule has 0 radical (unpaired) electrons. The minimum atomic E-state index is -0.730. The van der Waals surface area contributed by atoms with Gasteiger partial charge in [0.25, 0.3) is 0 Å². The normalized spacial score (nSPS) is 16.6. The van der Waals surface area contributed by atoms with E-state index in [0.29, 0.717) is 5.76 Å². The number of β-amino-alcohol motifs (C(OH)–C–C–N with tert-alkyl or cyclic N) is 1. The SMILES string of the molecule is CC.CC.CCC.Cc1ncsc1-c1ccc(C(C)NC(=O)C2CC(O)CN2C(=O)Cc2ccno2)cc1. The van der Waals surface area contributed by atoms with Crippen molar-refractivity contribution in [1.29, 1.82) is 0 Å². The van der Waals surface area contributed by atoms with Gasteiger partial charge in [0.1, 0.15) is 11.8 Å². The van der Waals surface area contributed by atoms with Crippen LogP contribution in [0.3, 0.4) is 0 Å². The number of thiazole rings is 1. The Labute approximate surface area is 231 Å². The third kappa shape index (κ3) is 9.36. The van der Waals surface area contributed by atoms with E-state index in [2.05, 4.69) is 29.3 Å². The zero-order chi connectivity index (χ0) is 28.7. The topological polar surface area (TPSA) is 109 Å². The molecule has 2 N–H and O–H groups in total. The Kier molecular flexibility index (Phi) is 15.2. The fourth-order valence-corrected chi connectivity index (χ4v) is 4.63. The number of carbonyl (C=O) groups is 2. The molecule has 3 aromatic rings. The Balaban J connectivity index is 0.000000944. The number of amides is 2. The molecule has 2 amide bonds. The maximum absolute atomic E-state index is 12.9. The summed E-state index contributed by atoms with van der Waals surface area (Å²) in [6.45, 7) is 16.3. The second-order valence-corrected chi connectivity index (χ2v) is 9.29. The van der Waals surface area contributed by atoms with E-state index < -0.39 is 12.1 Å². The highest BCUT2D eigenvalue weighted by atomic mass is 32.1. The predicted molar refractivity (Wildman–Crippen MR) is 154 cm³/mol. The van der Waals surface area contributed by atoms with E-state index in [9.17, 15) is 14.7 Å². The molecule has 1 aliphatic heterocycles. The van der Waals surface area contributed by atoms with Crippen molar-refractivity contribution < 1.29 is 19.2 Å². The summed E-state index contributed by atoms with van der Waals surface area (Å²) in [5, 5.41) is 16.6. The van der Waals surface area contributed by atoms with Gasteiger partial charge in [-0.3, -0.25) is 9.59 Å². The van der Waals surface area contributed by atoms with Gasteiger partial charge in [0, 0.05) is 19.0 Å². The molecule has 2 aromatic heterocycles. The number of aromatic nitrogens is 2. The lowest BCUT2D eigenvalue weighted by atomic mass is 10.0. The highest BCUT2D eigenvalue weighted by Crippen LogP contribution is 2.28. The van der Waals surface area contributed by atoms with Gasteiger partial charge in [0.15, 0.2) is 0 Å². The van der Waals surface area contributed by atoms with Gasteiger partial charge in [-0.05, 0) is 25.0 Å². The van der Waals surface area contributed by atoms with Crippen molar-refractivity contribution in [3.8, 4) is 10.4 Å². The first-order valence-corrected chi connectivity index (χ1v) is 14.4. The summed E-state index contributed by atoms with van der Waals surface area (Å²) < 4.78 is 4.99. The number of nitrogens with zero attached hydrogens (tertiary/aromatic N) is 3. The number of benzene rings is 1. The maximum Gasteiger partial charge on any atom is 0.243 e. The van der Waals surface area contributed by atoms with Crippen molar-refractivity contribution in [2.45, 2.75) is 92.8 Å². The lowest BCUT2D eigenvalue weighted by Crippen LogP contribution is -2.47. The molecule has 0 aliphatic carbocycles. The molecule has 3 unspecified atom stereocenters. The molecular weight excluding hydrogens is 500 g/mol. The second kappa shape index (κ2) is 17.5. The van der Waals surface area contributed by atoms with E-state index in [-0.39, 0.29) is 37.2 Å². The number of hydrogen-bond donors (Lipinski definition) is 2. The number of carbonyl (C=O) groups excluding carboxylic acids is 2. The van der Waals surface area contributed by atoms with Gasteiger partial charge in [0.2, 0.25) is 11.8 Å². The minimum Gasteiger partial charge on any atom is -0.391 e. The first-order chi connectivity index (χ1) is 18.3. The van der Waals surface area contributed by atoms with Crippen molar-refractivity contribution in [2.24, 2.45) is 0 Å². The smallest absolute Gasteiger partial charge is 0.243 e. The van der Waals surface area contributed by atoms with E-state index in [0.717, 1.165) is 21.7 Å². The Morgan fingerprint density at radius 3 is 2.32 bits per heavy atom.